The lowest BCUT2D eigenvalue weighted by Gasteiger charge is -2.28. The second-order valence-electron chi connectivity index (χ2n) is 4.60. The van der Waals surface area contributed by atoms with Gasteiger partial charge < -0.3 is 15.4 Å². The van der Waals surface area contributed by atoms with E-state index < -0.39 is 5.97 Å². The van der Waals surface area contributed by atoms with Crippen LogP contribution in [0.1, 0.15) is 36.7 Å². The molecule has 0 atom stereocenters. The lowest BCUT2D eigenvalue weighted by Crippen LogP contribution is -2.30. The van der Waals surface area contributed by atoms with Gasteiger partial charge in [0.1, 0.15) is 0 Å². The SMILES string of the molecule is CCN(c1cc(C)c(N)c(C(=O)OC)c1)C(C)C. The van der Waals surface area contributed by atoms with Crippen molar-refractivity contribution in [3.05, 3.63) is 23.3 Å². The monoisotopic (exact) mass is 250 g/mol. The van der Waals surface area contributed by atoms with Crippen LogP contribution < -0.4 is 10.6 Å². The van der Waals surface area contributed by atoms with Crippen molar-refractivity contribution in [2.45, 2.75) is 33.7 Å². The Morgan fingerprint density at radius 1 is 1.44 bits per heavy atom. The number of hydrogen-bond donors (Lipinski definition) is 1. The third-order valence-electron chi connectivity index (χ3n) is 3.07. The van der Waals surface area contributed by atoms with Gasteiger partial charge in [0.05, 0.1) is 12.7 Å². The third kappa shape index (κ3) is 2.75. The molecule has 0 aliphatic rings. The molecular weight excluding hydrogens is 228 g/mol. The average molecular weight is 250 g/mol. The maximum atomic E-state index is 11.7. The van der Waals surface area contributed by atoms with Gasteiger partial charge in [-0.15, -0.1) is 0 Å². The van der Waals surface area contributed by atoms with Crippen LogP contribution in [0.3, 0.4) is 0 Å². The molecule has 0 unspecified atom stereocenters. The van der Waals surface area contributed by atoms with E-state index in [1.807, 2.05) is 13.0 Å². The number of nitrogens with zero attached hydrogens (tertiary/aromatic N) is 1. The molecule has 0 aromatic heterocycles. The number of esters is 1. The minimum absolute atomic E-state index is 0.364. The summed E-state index contributed by atoms with van der Waals surface area (Å²) in [4.78, 5) is 13.9. The highest BCUT2D eigenvalue weighted by Gasteiger charge is 2.16. The first kappa shape index (κ1) is 14.4. The molecule has 0 radical (unpaired) electrons. The molecule has 0 aliphatic heterocycles. The number of hydrogen-bond acceptors (Lipinski definition) is 4. The minimum atomic E-state index is -0.391. The van der Waals surface area contributed by atoms with Crippen LogP contribution in [-0.2, 0) is 4.74 Å². The number of rotatable bonds is 4. The number of aryl methyl sites for hydroxylation is 1. The molecule has 1 aromatic carbocycles. The van der Waals surface area contributed by atoms with E-state index in [1.165, 1.54) is 7.11 Å². The van der Waals surface area contributed by atoms with Crippen molar-refractivity contribution in [3.8, 4) is 0 Å². The summed E-state index contributed by atoms with van der Waals surface area (Å²) in [6.07, 6.45) is 0. The van der Waals surface area contributed by atoms with Gasteiger partial charge in [0.2, 0.25) is 0 Å². The van der Waals surface area contributed by atoms with E-state index >= 15 is 0 Å². The maximum Gasteiger partial charge on any atom is 0.340 e. The van der Waals surface area contributed by atoms with Crippen LogP contribution in [0, 0.1) is 6.92 Å². The standard InChI is InChI=1S/C14H22N2O2/c1-6-16(9(2)3)11-7-10(4)13(15)12(8-11)14(17)18-5/h7-9H,6,15H2,1-5H3. The molecule has 0 spiro atoms. The van der Waals surface area contributed by atoms with Gasteiger partial charge in [-0.2, -0.15) is 0 Å². The number of ether oxygens (including phenoxy) is 1. The quantitative estimate of drug-likeness (QED) is 0.659. The summed E-state index contributed by atoms with van der Waals surface area (Å²) < 4.78 is 4.76. The summed E-state index contributed by atoms with van der Waals surface area (Å²) in [6, 6.07) is 4.17. The van der Waals surface area contributed by atoms with E-state index in [-0.39, 0.29) is 0 Å². The fourth-order valence-corrected chi connectivity index (χ4v) is 2.07. The molecular formula is C14H22N2O2. The van der Waals surface area contributed by atoms with Crippen molar-refractivity contribution in [2.75, 3.05) is 24.3 Å². The Balaban J connectivity index is 3.31. The molecule has 1 aromatic rings. The van der Waals surface area contributed by atoms with Gasteiger partial charge in [-0.05, 0) is 45.4 Å². The molecule has 0 aliphatic carbocycles. The molecule has 0 saturated carbocycles. The Morgan fingerprint density at radius 2 is 2.06 bits per heavy atom. The first-order valence-electron chi connectivity index (χ1n) is 6.17. The highest BCUT2D eigenvalue weighted by atomic mass is 16.5. The highest BCUT2D eigenvalue weighted by Crippen LogP contribution is 2.27. The van der Waals surface area contributed by atoms with Crippen LogP contribution >= 0.6 is 0 Å². The average Bonchev–Trinajstić information content (AvgIpc) is 2.32. The molecule has 0 saturated heterocycles. The zero-order valence-electron chi connectivity index (χ0n) is 11.8. The number of methoxy groups -OCH3 is 1. The van der Waals surface area contributed by atoms with Crippen LogP contribution in [0.25, 0.3) is 0 Å². The fourth-order valence-electron chi connectivity index (χ4n) is 2.07. The van der Waals surface area contributed by atoms with E-state index in [0.717, 1.165) is 17.8 Å². The number of anilines is 2. The Morgan fingerprint density at radius 3 is 2.50 bits per heavy atom. The molecule has 0 fully saturated rings. The van der Waals surface area contributed by atoms with E-state index in [0.29, 0.717) is 17.3 Å². The molecule has 0 amide bonds. The summed E-state index contributed by atoms with van der Waals surface area (Å²) in [6.45, 7) is 9.10. The van der Waals surface area contributed by atoms with Gasteiger partial charge in [-0.3, -0.25) is 0 Å². The lowest BCUT2D eigenvalue weighted by atomic mass is 10.1. The number of nitrogen functional groups attached to an aromatic ring is 1. The van der Waals surface area contributed by atoms with Crippen LogP contribution in [0.5, 0.6) is 0 Å². The molecule has 100 valence electrons. The van der Waals surface area contributed by atoms with Crippen molar-refractivity contribution >= 4 is 17.3 Å². The second-order valence-corrected chi connectivity index (χ2v) is 4.60. The van der Waals surface area contributed by atoms with Crippen molar-refractivity contribution in [1.29, 1.82) is 0 Å². The van der Waals surface area contributed by atoms with Gasteiger partial charge >= 0.3 is 5.97 Å². The summed E-state index contributed by atoms with van der Waals surface area (Å²) >= 11 is 0. The first-order valence-corrected chi connectivity index (χ1v) is 6.17. The summed E-state index contributed by atoms with van der Waals surface area (Å²) in [7, 11) is 1.36. The van der Waals surface area contributed by atoms with E-state index in [2.05, 4.69) is 25.7 Å². The Bertz CT molecular complexity index is 442. The maximum absolute atomic E-state index is 11.7. The van der Waals surface area contributed by atoms with E-state index in [1.54, 1.807) is 6.07 Å². The van der Waals surface area contributed by atoms with Crippen LogP contribution in [-0.4, -0.2) is 25.7 Å². The predicted octanol–water partition coefficient (Wildman–Crippen LogP) is 2.60. The van der Waals surface area contributed by atoms with Gasteiger partial charge in [-0.1, -0.05) is 0 Å². The minimum Gasteiger partial charge on any atom is -0.465 e. The van der Waals surface area contributed by atoms with Crippen LogP contribution in [0.2, 0.25) is 0 Å². The molecule has 2 N–H and O–H groups in total. The topological polar surface area (TPSA) is 55.6 Å². The zero-order valence-corrected chi connectivity index (χ0v) is 11.8. The molecule has 18 heavy (non-hydrogen) atoms. The lowest BCUT2D eigenvalue weighted by molar-refractivity contribution is 0.0602. The predicted molar refractivity (Wildman–Crippen MR) is 75.1 cm³/mol. The van der Waals surface area contributed by atoms with E-state index in [9.17, 15) is 4.79 Å². The summed E-state index contributed by atoms with van der Waals surface area (Å²) in [5.41, 5.74) is 8.75. The third-order valence-corrected chi connectivity index (χ3v) is 3.07. The number of carbonyl (C=O) groups excluding carboxylic acids is 1. The normalized spacial score (nSPS) is 10.6. The van der Waals surface area contributed by atoms with Crippen molar-refractivity contribution in [3.63, 3.8) is 0 Å². The van der Waals surface area contributed by atoms with E-state index in [4.69, 9.17) is 10.5 Å². The van der Waals surface area contributed by atoms with Crippen LogP contribution in [0.15, 0.2) is 12.1 Å². The smallest absolute Gasteiger partial charge is 0.340 e. The molecule has 0 heterocycles. The second kappa shape index (κ2) is 5.76. The summed E-state index contributed by atoms with van der Waals surface area (Å²) in [5.74, 6) is -0.391. The molecule has 0 bridgehead atoms. The van der Waals surface area contributed by atoms with Crippen molar-refractivity contribution in [1.82, 2.24) is 0 Å². The van der Waals surface area contributed by atoms with Gasteiger partial charge in [-0.25, -0.2) is 4.79 Å². The largest absolute Gasteiger partial charge is 0.465 e. The fraction of sp³-hybridized carbons (Fsp3) is 0.500. The first-order chi connectivity index (χ1) is 8.42. The number of benzene rings is 1. The van der Waals surface area contributed by atoms with Gasteiger partial charge in [0, 0.05) is 24.0 Å². The molecule has 4 heteroatoms. The van der Waals surface area contributed by atoms with Crippen molar-refractivity contribution in [2.24, 2.45) is 0 Å². The Kier molecular flexibility index (Phi) is 4.59. The van der Waals surface area contributed by atoms with Crippen LogP contribution in [0.4, 0.5) is 11.4 Å². The van der Waals surface area contributed by atoms with Gasteiger partial charge in [0.25, 0.3) is 0 Å². The number of nitrogens with two attached hydrogens (primary N) is 1. The van der Waals surface area contributed by atoms with Gasteiger partial charge in [0.15, 0.2) is 0 Å². The summed E-state index contributed by atoms with van der Waals surface area (Å²) in [5, 5.41) is 0. The Hall–Kier alpha value is -1.71. The zero-order chi connectivity index (χ0) is 13.9. The molecule has 1 rings (SSSR count). The Labute approximate surface area is 109 Å². The molecule has 4 nitrogen and oxygen atoms in total. The van der Waals surface area contributed by atoms with Crippen molar-refractivity contribution < 1.29 is 9.53 Å². The number of carbonyl (C=O) groups is 1. The highest BCUT2D eigenvalue weighted by molar-refractivity contribution is 5.97.